The average molecular weight is 251 g/mol. The number of nitrogens with one attached hydrogen (secondary N) is 1. The van der Waals surface area contributed by atoms with Gasteiger partial charge in [-0.25, -0.2) is 4.98 Å². The highest BCUT2D eigenvalue weighted by Crippen LogP contribution is 2.22. The van der Waals surface area contributed by atoms with Crippen LogP contribution in [0.15, 0.2) is 11.6 Å². The van der Waals surface area contributed by atoms with E-state index >= 15 is 0 Å². The van der Waals surface area contributed by atoms with Gasteiger partial charge < -0.3 is 10.2 Å². The molecule has 1 aromatic heterocycles. The Balaban J connectivity index is 1.43. The Kier molecular flexibility index (Phi) is 3.74. The molecule has 17 heavy (non-hydrogen) atoms. The standard InChI is InChI=1S/C13H21N3S/c1-2-12(15-11-3-4-11)10-16(7-1)8-5-13-14-6-9-17-13/h6,9,11-12,15H,1-5,7-8,10H2. The van der Waals surface area contributed by atoms with Gasteiger partial charge in [-0.3, -0.25) is 0 Å². The van der Waals surface area contributed by atoms with Crippen LogP contribution in [0, 0.1) is 0 Å². The highest BCUT2D eigenvalue weighted by atomic mass is 32.1. The first-order valence-electron chi connectivity index (χ1n) is 6.77. The van der Waals surface area contributed by atoms with Crippen molar-refractivity contribution < 1.29 is 0 Å². The minimum atomic E-state index is 0.743. The average Bonchev–Trinajstić information content (AvgIpc) is 3.00. The predicted octanol–water partition coefficient (Wildman–Crippen LogP) is 1.90. The van der Waals surface area contributed by atoms with Crippen LogP contribution in [0.2, 0.25) is 0 Å². The number of aromatic nitrogens is 1. The van der Waals surface area contributed by atoms with Crippen LogP contribution in [-0.4, -0.2) is 41.6 Å². The summed E-state index contributed by atoms with van der Waals surface area (Å²) in [6.45, 7) is 3.69. The minimum absolute atomic E-state index is 0.743. The second-order valence-corrected chi connectivity index (χ2v) is 6.24. The van der Waals surface area contributed by atoms with Gasteiger partial charge in [0.2, 0.25) is 0 Å². The lowest BCUT2D eigenvalue weighted by Gasteiger charge is -2.33. The molecule has 1 saturated heterocycles. The van der Waals surface area contributed by atoms with Crippen molar-refractivity contribution in [3.63, 3.8) is 0 Å². The highest BCUT2D eigenvalue weighted by Gasteiger charge is 2.27. The molecule has 94 valence electrons. The summed E-state index contributed by atoms with van der Waals surface area (Å²) in [5, 5.41) is 7.11. The van der Waals surface area contributed by atoms with Crippen LogP contribution in [0.3, 0.4) is 0 Å². The van der Waals surface area contributed by atoms with Crippen molar-refractivity contribution in [1.82, 2.24) is 15.2 Å². The number of likely N-dealkylation sites (tertiary alicyclic amines) is 1. The van der Waals surface area contributed by atoms with Gasteiger partial charge in [0.05, 0.1) is 5.01 Å². The normalized spacial score (nSPS) is 26.2. The second-order valence-electron chi connectivity index (χ2n) is 5.26. The lowest BCUT2D eigenvalue weighted by atomic mass is 10.1. The predicted molar refractivity (Wildman–Crippen MR) is 71.4 cm³/mol. The van der Waals surface area contributed by atoms with Crippen LogP contribution in [0.4, 0.5) is 0 Å². The molecule has 0 radical (unpaired) electrons. The molecule has 1 unspecified atom stereocenters. The minimum Gasteiger partial charge on any atom is -0.310 e. The van der Waals surface area contributed by atoms with Crippen LogP contribution >= 0.6 is 11.3 Å². The quantitative estimate of drug-likeness (QED) is 0.866. The summed E-state index contributed by atoms with van der Waals surface area (Å²) in [6.07, 6.45) is 8.54. The molecule has 2 heterocycles. The first-order valence-corrected chi connectivity index (χ1v) is 7.65. The van der Waals surface area contributed by atoms with Crippen molar-refractivity contribution in [3.05, 3.63) is 16.6 Å². The Hall–Kier alpha value is -0.450. The number of thiazole rings is 1. The van der Waals surface area contributed by atoms with Gasteiger partial charge in [-0.2, -0.15) is 0 Å². The van der Waals surface area contributed by atoms with E-state index in [-0.39, 0.29) is 0 Å². The van der Waals surface area contributed by atoms with Crippen LogP contribution < -0.4 is 5.32 Å². The molecule has 3 nitrogen and oxygen atoms in total. The molecular formula is C13H21N3S. The smallest absolute Gasteiger partial charge is 0.0937 e. The molecule has 1 aliphatic carbocycles. The fourth-order valence-electron chi connectivity index (χ4n) is 2.61. The van der Waals surface area contributed by atoms with Gasteiger partial charge in [-0.15, -0.1) is 11.3 Å². The molecule has 1 N–H and O–H groups in total. The van der Waals surface area contributed by atoms with E-state index in [2.05, 4.69) is 20.6 Å². The number of nitrogens with zero attached hydrogens (tertiary/aromatic N) is 2. The Morgan fingerprint density at radius 1 is 1.35 bits per heavy atom. The first kappa shape index (κ1) is 11.6. The van der Waals surface area contributed by atoms with E-state index in [9.17, 15) is 0 Å². The molecule has 4 heteroatoms. The van der Waals surface area contributed by atoms with Crippen molar-refractivity contribution in [1.29, 1.82) is 0 Å². The summed E-state index contributed by atoms with van der Waals surface area (Å²) in [5.74, 6) is 0. The molecule has 2 aliphatic rings. The van der Waals surface area contributed by atoms with Crippen molar-refractivity contribution >= 4 is 11.3 Å². The van der Waals surface area contributed by atoms with Gasteiger partial charge >= 0.3 is 0 Å². The third kappa shape index (κ3) is 3.50. The van der Waals surface area contributed by atoms with Crippen molar-refractivity contribution in [2.45, 2.75) is 44.2 Å². The summed E-state index contributed by atoms with van der Waals surface area (Å²) in [7, 11) is 0. The Bertz CT molecular complexity index is 334. The molecule has 0 amide bonds. The third-order valence-corrected chi connectivity index (χ3v) is 4.52. The fraction of sp³-hybridized carbons (Fsp3) is 0.769. The highest BCUT2D eigenvalue weighted by molar-refractivity contribution is 7.09. The Morgan fingerprint density at radius 2 is 2.29 bits per heavy atom. The Morgan fingerprint density at radius 3 is 3.06 bits per heavy atom. The summed E-state index contributed by atoms with van der Waals surface area (Å²) in [5.41, 5.74) is 0. The van der Waals surface area contributed by atoms with Gasteiger partial charge in [0.15, 0.2) is 0 Å². The molecule has 1 aromatic rings. The third-order valence-electron chi connectivity index (χ3n) is 3.68. The van der Waals surface area contributed by atoms with E-state index in [1.807, 2.05) is 6.20 Å². The van der Waals surface area contributed by atoms with Crippen LogP contribution in [0.25, 0.3) is 0 Å². The largest absolute Gasteiger partial charge is 0.310 e. The summed E-state index contributed by atoms with van der Waals surface area (Å²) < 4.78 is 0. The number of hydrogen-bond acceptors (Lipinski definition) is 4. The van der Waals surface area contributed by atoms with Crippen LogP contribution in [0.1, 0.15) is 30.7 Å². The zero-order valence-electron chi connectivity index (χ0n) is 10.3. The molecule has 0 bridgehead atoms. The summed E-state index contributed by atoms with van der Waals surface area (Å²) in [4.78, 5) is 6.96. The topological polar surface area (TPSA) is 28.2 Å². The van der Waals surface area contributed by atoms with E-state index in [0.29, 0.717) is 0 Å². The monoisotopic (exact) mass is 251 g/mol. The van der Waals surface area contributed by atoms with E-state index in [0.717, 1.165) is 18.5 Å². The van der Waals surface area contributed by atoms with Gasteiger partial charge in [-0.1, -0.05) is 0 Å². The van der Waals surface area contributed by atoms with Gasteiger partial charge in [-0.05, 0) is 32.2 Å². The first-order chi connectivity index (χ1) is 8.40. The Labute approximate surface area is 107 Å². The maximum Gasteiger partial charge on any atom is 0.0937 e. The lowest BCUT2D eigenvalue weighted by molar-refractivity contribution is 0.191. The zero-order valence-corrected chi connectivity index (χ0v) is 11.1. The number of hydrogen-bond donors (Lipinski definition) is 1. The second kappa shape index (κ2) is 5.46. The molecule has 3 rings (SSSR count). The molecule has 2 fully saturated rings. The van der Waals surface area contributed by atoms with E-state index in [4.69, 9.17) is 0 Å². The van der Waals surface area contributed by atoms with Crippen LogP contribution in [0.5, 0.6) is 0 Å². The van der Waals surface area contributed by atoms with Gasteiger partial charge in [0, 0.05) is 43.2 Å². The number of piperidine rings is 1. The molecule has 1 saturated carbocycles. The summed E-state index contributed by atoms with van der Waals surface area (Å²) in [6, 6.07) is 1.59. The van der Waals surface area contributed by atoms with Crippen LogP contribution in [-0.2, 0) is 6.42 Å². The van der Waals surface area contributed by atoms with Gasteiger partial charge in [0.1, 0.15) is 0 Å². The van der Waals surface area contributed by atoms with Gasteiger partial charge in [0.25, 0.3) is 0 Å². The molecule has 0 aromatic carbocycles. The van der Waals surface area contributed by atoms with Crippen molar-refractivity contribution in [2.75, 3.05) is 19.6 Å². The number of rotatable bonds is 5. The zero-order chi connectivity index (χ0) is 11.5. The van der Waals surface area contributed by atoms with Crippen molar-refractivity contribution in [3.8, 4) is 0 Å². The molecular weight excluding hydrogens is 230 g/mol. The fourth-order valence-corrected chi connectivity index (χ4v) is 3.22. The molecule has 1 atom stereocenters. The summed E-state index contributed by atoms with van der Waals surface area (Å²) >= 11 is 1.78. The van der Waals surface area contributed by atoms with E-state index < -0.39 is 0 Å². The van der Waals surface area contributed by atoms with E-state index in [1.165, 1.54) is 50.3 Å². The van der Waals surface area contributed by atoms with Crippen molar-refractivity contribution in [2.24, 2.45) is 0 Å². The maximum absolute atomic E-state index is 4.35. The molecule has 1 aliphatic heterocycles. The SMILES string of the molecule is c1csc(CCN2CCCC(NC3CC3)C2)n1. The lowest BCUT2D eigenvalue weighted by Crippen LogP contribution is -2.46. The molecule has 0 spiro atoms. The van der Waals surface area contributed by atoms with E-state index in [1.54, 1.807) is 11.3 Å². The maximum atomic E-state index is 4.35.